The van der Waals surface area contributed by atoms with Crippen molar-refractivity contribution in [1.29, 1.82) is 0 Å². The summed E-state index contributed by atoms with van der Waals surface area (Å²) in [5.41, 5.74) is 1.93. The number of thioether (sulfide) groups is 1. The molecule has 1 aromatic carbocycles. The van der Waals surface area contributed by atoms with Gasteiger partial charge in [0.05, 0.1) is 17.9 Å². The number of rotatable bonds is 5. The first-order valence-corrected chi connectivity index (χ1v) is 10.3. The number of ether oxygens (including phenoxy) is 1. The number of benzene rings is 1. The molecule has 0 radical (unpaired) electrons. The third-order valence-corrected chi connectivity index (χ3v) is 6.29. The molecule has 27 heavy (non-hydrogen) atoms. The lowest BCUT2D eigenvalue weighted by atomic mass is 10.1. The van der Waals surface area contributed by atoms with Crippen LogP contribution in [-0.4, -0.2) is 44.7 Å². The van der Waals surface area contributed by atoms with Gasteiger partial charge in [0, 0.05) is 18.3 Å². The number of hydrogen-bond acceptors (Lipinski definition) is 5. The summed E-state index contributed by atoms with van der Waals surface area (Å²) in [6, 6.07) is 8.17. The monoisotopic (exact) mass is 388 g/mol. The van der Waals surface area contributed by atoms with E-state index < -0.39 is 0 Å². The van der Waals surface area contributed by atoms with Crippen molar-refractivity contribution in [1.82, 2.24) is 14.8 Å². The van der Waals surface area contributed by atoms with Crippen LogP contribution in [0.4, 0.5) is 5.69 Å². The van der Waals surface area contributed by atoms with Gasteiger partial charge >= 0.3 is 5.69 Å². The molecule has 1 amide bonds. The van der Waals surface area contributed by atoms with Crippen LogP contribution >= 0.6 is 11.8 Å². The Kier molecular flexibility index (Phi) is 5.10. The fourth-order valence-electron chi connectivity index (χ4n) is 3.85. The van der Waals surface area contributed by atoms with E-state index in [4.69, 9.17) is 4.74 Å². The molecule has 1 fully saturated rings. The predicted molar refractivity (Wildman–Crippen MR) is 104 cm³/mol. The number of aromatic nitrogens is 3. The highest BCUT2D eigenvalue weighted by atomic mass is 32.2. The van der Waals surface area contributed by atoms with Crippen LogP contribution in [-0.2, 0) is 22.5 Å². The molecular formula is C19H24N4O3S. The van der Waals surface area contributed by atoms with E-state index in [1.54, 1.807) is 4.57 Å². The molecule has 4 rings (SSSR count). The summed E-state index contributed by atoms with van der Waals surface area (Å²) in [7, 11) is 0. The molecule has 0 aliphatic carbocycles. The molecule has 2 aliphatic rings. The minimum atomic E-state index is -0.350. The second-order valence-electron chi connectivity index (χ2n) is 7.21. The standard InChI is InChI=1S/C19H24N4O3S/c1-12-10-14-6-3-4-8-16(14)23(12)17(24)13(2)27-19-21-20-18(25)22(19)11-15-7-5-9-26-15/h3-4,6,8,12-13,15H,5,7,9-11H2,1-2H3,(H,20,25). The number of aromatic amines is 1. The van der Waals surface area contributed by atoms with E-state index in [1.807, 2.05) is 30.0 Å². The predicted octanol–water partition coefficient (Wildman–Crippen LogP) is 2.21. The number of carbonyl (C=O) groups excluding carboxylic acids is 1. The van der Waals surface area contributed by atoms with Crippen LogP contribution in [0.2, 0.25) is 0 Å². The Morgan fingerprint density at radius 2 is 2.26 bits per heavy atom. The average molecular weight is 388 g/mol. The van der Waals surface area contributed by atoms with Crippen molar-refractivity contribution in [3.05, 3.63) is 40.3 Å². The van der Waals surface area contributed by atoms with Crippen molar-refractivity contribution in [2.24, 2.45) is 0 Å². The number of para-hydroxylation sites is 1. The van der Waals surface area contributed by atoms with E-state index >= 15 is 0 Å². The van der Waals surface area contributed by atoms with Crippen molar-refractivity contribution in [3.63, 3.8) is 0 Å². The topological polar surface area (TPSA) is 80.2 Å². The SMILES string of the molecule is CC(Sc1n[nH]c(=O)n1CC1CCCO1)C(=O)N1c2ccccc2CC1C. The van der Waals surface area contributed by atoms with E-state index in [2.05, 4.69) is 23.2 Å². The molecule has 3 atom stereocenters. The number of nitrogens with one attached hydrogen (secondary N) is 1. The van der Waals surface area contributed by atoms with Crippen molar-refractivity contribution in [2.75, 3.05) is 11.5 Å². The van der Waals surface area contributed by atoms with E-state index in [1.165, 1.54) is 17.3 Å². The molecule has 3 heterocycles. The Bertz CT molecular complexity index is 887. The van der Waals surface area contributed by atoms with Gasteiger partial charge in [0.25, 0.3) is 0 Å². The normalized spacial score (nSPS) is 22.8. The van der Waals surface area contributed by atoms with E-state index in [0.717, 1.165) is 31.6 Å². The molecule has 0 saturated carbocycles. The Morgan fingerprint density at radius 1 is 1.44 bits per heavy atom. The summed E-state index contributed by atoms with van der Waals surface area (Å²) in [6.07, 6.45) is 2.86. The van der Waals surface area contributed by atoms with Crippen LogP contribution in [0, 0.1) is 0 Å². The molecule has 8 heteroatoms. The van der Waals surface area contributed by atoms with Crippen molar-refractivity contribution >= 4 is 23.4 Å². The molecule has 0 spiro atoms. The lowest BCUT2D eigenvalue weighted by molar-refractivity contribution is -0.118. The molecule has 2 aromatic rings. The zero-order valence-electron chi connectivity index (χ0n) is 15.6. The highest BCUT2D eigenvalue weighted by Gasteiger charge is 2.34. The number of carbonyl (C=O) groups is 1. The number of amides is 1. The van der Waals surface area contributed by atoms with Gasteiger partial charge in [0.1, 0.15) is 0 Å². The fourth-order valence-corrected chi connectivity index (χ4v) is 4.77. The first-order valence-electron chi connectivity index (χ1n) is 9.39. The Labute approximate surface area is 162 Å². The Morgan fingerprint density at radius 3 is 3.04 bits per heavy atom. The summed E-state index contributed by atoms with van der Waals surface area (Å²) >= 11 is 1.32. The van der Waals surface area contributed by atoms with Crippen molar-refractivity contribution in [3.8, 4) is 0 Å². The average Bonchev–Trinajstić information content (AvgIpc) is 3.36. The van der Waals surface area contributed by atoms with Gasteiger partial charge < -0.3 is 9.64 Å². The summed E-state index contributed by atoms with van der Waals surface area (Å²) in [6.45, 7) is 5.15. The summed E-state index contributed by atoms with van der Waals surface area (Å²) in [5, 5.41) is 6.83. The molecular weight excluding hydrogens is 364 g/mol. The van der Waals surface area contributed by atoms with E-state index in [-0.39, 0.29) is 29.0 Å². The number of nitrogens with zero attached hydrogens (tertiary/aromatic N) is 3. The zero-order valence-corrected chi connectivity index (χ0v) is 16.4. The minimum absolute atomic E-state index is 0.0381. The smallest absolute Gasteiger partial charge is 0.344 e. The van der Waals surface area contributed by atoms with Gasteiger partial charge in [-0.3, -0.25) is 9.36 Å². The van der Waals surface area contributed by atoms with Crippen LogP contribution in [0.15, 0.2) is 34.2 Å². The van der Waals surface area contributed by atoms with Gasteiger partial charge in [-0.05, 0) is 44.7 Å². The largest absolute Gasteiger partial charge is 0.376 e. The highest BCUT2D eigenvalue weighted by Crippen LogP contribution is 2.34. The van der Waals surface area contributed by atoms with Gasteiger partial charge in [0.15, 0.2) is 5.16 Å². The zero-order chi connectivity index (χ0) is 19.0. The van der Waals surface area contributed by atoms with Crippen LogP contribution in [0.3, 0.4) is 0 Å². The van der Waals surface area contributed by atoms with Gasteiger partial charge in [-0.1, -0.05) is 30.0 Å². The quantitative estimate of drug-likeness (QED) is 0.795. The van der Waals surface area contributed by atoms with Crippen LogP contribution < -0.4 is 10.6 Å². The molecule has 1 N–H and O–H groups in total. The van der Waals surface area contributed by atoms with Gasteiger partial charge in [-0.25, -0.2) is 9.89 Å². The maximum Gasteiger partial charge on any atom is 0.344 e. The molecule has 144 valence electrons. The fraction of sp³-hybridized carbons (Fsp3) is 0.526. The summed E-state index contributed by atoms with van der Waals surface area (Å²) in [5.74, 6) is 0.0385. The van der Waals surface area contributed by atoms with E-state index in [9.17, 15) is 9.59 Å². The summed E-state index contributed by atoms with van der Waals surface area (Å²) < 4.78 is 7.23. The molecule has 7 nitrogen and oxygen atoms in total. The number of H-pyrrole nitrogens is 1. The second kappa shape index (κ2) is 7.52. The van der Waals surface area contributed by atoms with Crippen molar-refractivity contribution < 1.29 is 9.53 Å². The molecule has 1 saturated heterocycles. The lowest BCUT2D eigenvalue weighted by Gasteiger charge is -2.25. The number of anilines is 1. The van der Waals surface area contributed by atoms with Gasteiger partial charge in [-0.2, -0.15) is 0 Å². The van der Waals surface area contributed by atoms with Crippen molar-refractivity contribution in [2.45, 2.75) is 62.2 Å². The number of hydrogen-bond donors (Lipinski definition) is 1. The number of fused-ring (bicyclic) bond motifs is 1. The first-order chi connectivity index (χ1) is 13.0. The third-order valence-electron chi connectivity index (χ3n) is 5.21. The maximum atomic E-state index is 13.1. The second-order valence-corrected chi connectivity index (χ2v) is 8.52. The molecule has 1 aromatic heterocycles. The Balaban J connectivity index is 1.50. The Hall–Kier alpha value is -2.06. The molecule has 2 aliphatic heterocycles. The van der Waals surface area contributed by atoms with Crippen LogP contribution in [0.5, 0.6) is 0 Å². The third kappa shape index (κ3) is 3.55. The van der Waals surface area contributed by atoms with Crippen LogP contribution in [0.25, 0.3) is 0 Å². The maximum absolute atomic E-state index is 13.1. The first kappa shape index (κ1) is 18.3. The van der Waals surface area contributed by atoms with Crippen LogP contribution in [0.1, 0.15) is 32.3 Å². The van der Waals surface area contributed by atoms with Gasteiger partial charge in [-0.15, -0.1) is 5.10 Å². The van der Waals surface area contributed by atoms with Gasteiger partial charge in [0.2, 0.25) is 5.91 Å². The highest BCUT2D eigenvalue weighted by molar-refractivity contribution is 8.00. The lowest BCUT2D eigenvalue weighted by Crippen LogP contribution is -2.40. The summed E-state index contributed by atoms with van der Waals surface area (Å²) in [4.78, 5) is 27.1. The molecule has 3 unspecified atom stereocenters. The van der Waals surface area contributed by atoms with E-state index in [0.29, 0.717) is 11.7 Å². The minimum Gasteiger partial charge on any atom is -0.376 e. The molecule has 0 bridgehead atoms.